The van der Waals surface area contributed by atoms with Gasteiger partial charge in [0.2, 0.25) is 5.89 Å². The van der Waals surface area contributed by atoms with E-state index in [-0.39, 0.29) is 5.41 Å². The Morgan fingerprint density at radius 3 is 2.58 bits per heavy atom. The highest BCUT2D eigenvalue weighted by Crippen LogP contribution is 2.31. The Kier molecular flexibility index (Phi) is 4.61. The highest BCUT2D eigenvalue weighted by Gasteiger charge is 2.20. The van der Waals surface area contributed by atoms with Crippen molar-refractivity contribution in [2.75, 3.05) is 0 Å². The molecule has 1 aliphatic rings. The van der Waals surface area contributed by atoms with Crippen LogP contribution in [0.4, 0.5) is 0 Å². The SMILES string of the molecule is CC(C)(C)c1ccc(-c2nnc(SCc3noc4c3CCCC4)o2)cc1. The van der Waals surface area contributed by atoms with E-state index in [0.717, 1.165) is 29.9 Å². The number of aromatic nitrogens is 3. The van der Waals surface area contributed by atoms with Gasteiger partial charge in [-0.25, -0.2) is 0 Å². The monoisotopic (exact) mass is 369 g/mol. The second kappa shape index (κ2) is 6.91. The molecule has 136 valence electrons. The molecule has 0 fully saturated rings. The fourth-order valence-electron chi connectivity index (χ4n) is 3.19. The molecule has 26 heavy (non-hydrogen) atoms. The Morgan fingerprint density at radius 1 is 1.04 bits per heavy atom. The molecule has 0 bridgehead atoms. The zero-order chi connectivity index (χ0) is 18.1. The summed E-state index contributed by atoms with van der Waals surface area (Å²) in [6.45, 7) is 6.60. The molecule has 0 aliphatic heterocycles. The van der Waals surface area contributed by atoms with Crippen molar-refractivity contribution < 1.29 is 8.94 Å². The molecule has 6 heteroatoms. The third-order valence-corrected chi connectivity index (χ3v) is 5.60. The molecule has 0 saturated carbocycles. The topological polar surface area (TPSA) is 65.0 Å². The van der Waals surface area contributed by atoms with Crippen LogP contribution in [0.1, 0.15) is 56.2 Å². The molecule has 0 radical (unpaired) electrons. The fraction of sp³-hybridized carbons (Fsp3) is 0.450. The summed E-state index contributed by atoms with van der Waals surface area (Å²) in [5.74, 6) is 2.30. The smallest absolute Gasteiger partial charge is 0.277 e. The van der Waals surface area contributed by atoms with E-state index < -0.39 is 0 Å². The molecular weight excluding hydrogens is 346 g/mol. The van der Waals surface area contributed by atoms with Crippen LogP contribution in [0.15, 0.2) is 38.4 Å². The molecule has 0 amide bonds. The van der Waals surface area contributed by atoms with Gasteiger partial charge in [0.1, 0.15) is 5.76 Å². The number of fused-ring (bicyclic) bond motifs is 1. The second-order valence-electron chi connectivity index (χ2n) is 7.73. The van der Waals surface area contributed by atoms with E-state index >= 15 is 0 Å². The molecule has 3 aromatic rings. The van der Waals surface area contributed by atoms with E-state index in [1.54, 1.807) is 0 Å². The Morgan fingerprint density at radius 2 is 1.81 bits per heavy atom. The van der Waals surface area contributed by atoms with E-state index in [0.29, 0.717) is 16.9 Å². The second-order valence-corrected chi connectivity index (χ2v) is 8.65. The van der Waals surface area contributed by atoms with Gasteiger partial charge < -0.3 is 8.94 Å². The molecule has 0 saturated heterocycles. The van der Waals surface area contributed by atoms with Crippen molar-refractivity contribution in [1.82, 2.24) is 15.4 Å². The zero-order valence-electron chi connectivity index (χ0n) is 15.4. The Bertz CT molecular complexity index is 891. The molecule has 0 N–H and O–H groups in total. The average Bonchev–Trinajstić information content (AvgIpc) is 3.26. The average molecular weight is 369 g/mol. The number of hydrogen-bond acceptors (Lipinski definition) is 6. The lowest BCUT2D eigenvalue weighted by atomic mass is 9.87. The summed E-state index contributed by atoms with van der Waals surface area (Å²) in [6, 6.07) is 8.31. The van der Waals surface area contributed by atoms with Gasteiger partial charge in [0.15, 0.2) is 0 Å². The number of nitrogens with zero attached hydrogens (tertiary/aromatic N) is 3. The summed E-state index contributed by atoms with van der Waals surface area (Å²) in [4.78, 5) is 0. The largest absolute Gasteiger partial charge is 0.411 e. The molecule has 1 aromatic carbocycles. The van der Waals surface area contributed by atoms with Crippen LogP contribution in [-0.4, -0.2) is 15.4 Å². The van der Waals surface area contributed by atoms with Crippen molar-refractivity contribution in [3.8, 4) is 11.5 Å². The van der Waals surface area contributed by atoms with Gasteiger partial charge in [-0.3, -0.25) is 0 Å². The number of rotatable bonds is 4. The van der Waals surface area contributed by atoms with E-state index in [9.17, 15) is 0 Å². The summed E-state index contributed by atoms with van der Waals surface area (Å²) >= 11 is 1.51. The van der Waals surface area contributed by atoms with Crippen molar-refractivity contribution in [3.05, 3.63) is 46.8 Å². The van der Waals surface area contributed by atoms with Gasteiger partial charge in [-0.05, 0) is 42.4 Å². The summed E-state index contributed by atoms with van der Waals surface area (Å²) in [7, 11) is 0. The van der Waals surface area contributed by atoms with Crippen molar-refractivity contribution in [2.45, 2.75) is 62.8 Å². The lowest BCUT2D eigenvalue weighted by molar-refractivity contribution is 0.369. The van der Waals surface area contributed by atoms with Crippen molar-refractivity contribution in [1.29, 1.82) is 0 Å². The van der Waals surface area contributed by atoms with Gasteiger partial charge in [-0.1, -0.05) is 49.8 Å². The maximum Gasteiger partial charge on any atom is 0.277 e. The normalized spacial score (nSPS) is 14.4. The maximum absolute atomic E-state index is 5.82. The van der Waals surface area contributed by atoms with Crippen molar-refractivity contribution in [2.24, 2.45) is 0 Å². The first kappa shape index (κ1) is 17.3. The van der Waals surface area contributed by atoms with Crippen LogP contribution in [0.3, 0.4) is 0 Å². The van der Waals surface area contributed by atoms with Crippen LogP contribution in [-0.2, 0) is 24.0 Å². The van der Waals surface area contributed by atoms with E-state index in [1.807, 2.05) is 12.1 Å². The van der Waals surface area contributed by atoms with Gasteiger partial charge in [-0.15, -0.1) is 10.2 Å². The predicted molar refractivity (Wildman–Crippen MR) is 101 cm³/mol. The Balaban J connectivity index is 1.44. The molecule has 0 unspecified atom stereocenters. The Labute approximate surface area is 157 Å². The first-order chi connectivity index (χ1) is 12.5. The van der Waals surface area contributed by atoms with Crippen molar-refractivity contribution >= 4 is 11.8 Å². The zero-order valence-corrected chi connectivity index (χ0v) is 16.2. The molecule has 0 atom stereocenters. The molecule has 5 nitrogen and oxygen atoms in total. The summed E-state index contributed by atoms with van der Waals surface area (Å²) < 4.78 is 11.3. The first-order valence-electron chi connectivity index (χ1n) is 9.04. The van der Waals surface area contributed by atoms with Gasteiger partial charge >= 0.3 is 0 Å². The van der Waals surface area contributed by atoms with E-state index in [2.05, 4.69) is 48.3 Å². The predicted octanol–water partition coefficient (Wildman–Crippen LogP) is 5.19. The van der Waals surface area contributed by atoms with Crippen LogP contribution in [0.25, 0.3) is 11.5 Å². The van der Waals surface area contributed by atoms with Crippen LogP contribution in [0.2, 0.25) is 0 Å². The maximum atomic E-state index is 5.82. The van der Waals surface area contributed by atoms with E-state index in [4.69, 9.17) is 8.94 Å². The quantitative estimate of drug-likeness (QED) is 0.589. The highest BCUT2D eigenvalue weighted by molar-refractivity contribution is 7.98. The lowest BCUT2D eigenvalue weighted by Crippen LogP contribution is -2.10. The molecule has 0 spiro atoms. The fourth-order valence-corrected chi connectivity index (χ4v) is 3.91. The summed E-state index contributed by atoms with van der Waals surface area (Å²) in [5, 5.41) is 13.1. The van der Waals surface area contributed by atoms with Crippen LogP contribution >= 0.6 is 11.8 Å². The molecule has 2 aromatic heterocycles. The number of aryl methyl sites for hydroxylation is 1. The van der Waals surface area contributed by atoms with Crippen LogP contribution < -0.4 is 0 Å². The minimum absolute atomic E-state index is 0.130. The molecule has 2 heterocycles. The minimum atomic E-state index is 0.130. The third kappa shape index (κ3) is 3.56. The first-order valence-corrected chi connectivity index (χ1v) is 10.0. The number of hydrogen-bond donors (Lipinski definition) is 0. The Hall–Kier alpha value is -2.08. The molecule has 4 rings (SSSR count). The van der Waals surface area contributed by atoms with Crippen molar-refractivity contribution in [3.63, 3.8) is 0 Å². The van der Waals surface area contributed by atoms with E-state index in [1.165, 1.54) is 35.7 Å². The van der Waals surface area contributed by atoms with Gasteiger partial charge in [0.25, 0.3) is 5.22 Å². The van der Waals surface area contributed by atoms with Gasteiger partial charge in [0.05, 0.1) is 5.69 Å². The van der Waals surface area contributed by atoms with Crippen LogP contribution in [0, 0.1) is 0 Å². The highest BCUT2D eigenvalue weighted by atomic mass is 32.2. The van der Waals surface area contributed by atoms with Gasteiger partial charge in [0, 0.05) is 23.3 Å². The molecule has 1 aliphatic carbocycles. The summed E-state index contributed by atoms with van der Waals surface area (Å²) in [5.41, 5.74) is 4.65. The summed E-state index contributed by atoms with van der Waals surface area (Å²) in [6.07, 6.45) is 4.46. The molecular formula is C20H23N3O2S. The lowest BCUT2D eigenvalue weighted by Gasteiger charge is -2.18. The standard InChI is InChI=1S/C20H23N3O2S/c1-20(2,3)14-10-8-13(9-11-14)18-21-22-19(24-18)26-12-16-15-6-4-5-7-17(15)25-23-16/h8-11H,4-7,12H2,1-3H3. The number of benzene rings is 1. The minimum Gasteiger partial charge on any atom is -0.411 e. The van der Waals surface area contributed by atoms with Gasteiger partial charge in [-0.2, -0.15) is 0 Å². The number of thioether (sulfide) groups is 1. The van der Waals surface area contributed by atoms with Crippen LogP contribution in [0.5, 0.6) is 0 Å². The third-order valence-electron chi connectivity index (χ3n) is 4.77.